The highest BCUT2D eigenvalue weighted by Gasteiger charge is 2.14. The minimum atomic E-state index is -0.628. The molecule has 3 rings (SSSR count). The van der Waals surface area contributed by atoms with Gasteiger partial charge in [0.15, 0.2) is 0 Å². The van der Waals surface area contributed by atoms with Gasteiger partial charge in [-0.3, -0.25) is 4.79 Å². The molecule has 0 fully saturated rings. The molecule has 1 N–H and O–H groups in total. The predicted molar refractivity (Wildman–Crippen MR) is 92.8 cm³/mol. The van der Waals surface area contributed by atoms with Crippen molar-refractivity contribution >= 4 is 22.6 Å². The first-order valence-corrected chi connectivity index (χ1v) is 7.63. The van der Waals surface area contributed by atoms with Crippen LogP contribution >= 0.6 is 0 Å². The van der Waals surface area contributed by atoms with Gasteiger partial charge in [0.2, 0.25) is 0 Å². The Morgan fingerprint density at radius 2 is 2.08 bits per heavy atom. The van der Waals surface area contributed by atoms with E-state index in [0.717, 1.165) is 6.07 Å². The van der Waals surface area contributed by atoms with Crippen LogP contribution in [0.2, 0.25) is 0 Å². The number of carbonyl (C=O) groups excluding carboxylic acids is 1. The third-order valence-corrected chi connectivity index (χ3v) is 3.52. The highest BCUT2D eigenvalue weighted by atomic mass is 16.5. The van der Waals surface area contributed by atoms with Gasteiger partial charge in [-0.15, -0.1) is 0 Å². The van der Waals surface area contributed by atoms with Crippen LogP contribution in [-0.2, 0) is 0 Å². The molecule has 3 aromatic rings. The monoisotopic (exact) mass is 334 g/mol. The molecule has 6 heteroatoms. The zero-order valence-electron chi connectivity index (χ0n) is 13.4. The van der Waals surface area contributed by atoms with Gasteiger partial charge >= 0.3 is 5.63 Å². The summed E-state index contributed by atoms with van der Waals surface area (Å²) in [4.78, 5) is 24.4. The summed E-state index contributed by atoms with van der Waals surface area (Å²) in [5.74, 6) is 0.0922. The van der Waals surface area contributed by atoms with Crippen LogP contribution in [0.1, 0.15) is 22.8 Å². The summed E-state index contributed by atoms with van der Waals surface area (Å²) in [5.41, 5.74) is 0.732. The highest BCUT2D eigenvalue weighted by molar-refractivity contribution is 6.12. The molecule has 0 unspecified atom stereocenters. The predicted octanol–water partition coefficient (Wildman–Crippen LogP) is 3.32. The maximum atomic E-state index is 12.6. The third kappa shape index (κ3) is 3.51. The Bertz CT molecular complexity index is 1050. The van der Waals surface area contributed by atoms with Gasteiger partial charge in [0.05, 0.1) is 23.8 Å². The van der Waals surface area contributed by atoms with Crippen LogP contribution in [0.15, 0.2) is 57.7 Å². The summed E-state index contributed by atoms with van der Waals surface area (Å²) in [6, 6.07) is 14.6. The van der Waals surface area contributed by atoms with Gasteiger partial charge in [-0.1, -0.05) is 6.07 Å². The molecule has 0 radical (unpaired) electrons. The molecule has 124 valence electrons. The lowest BCUT2D eigenvalue weighted by atomic mass is 10.1. The molecule has 0 atom stereocenters. The van der Waals surface area contributed by atoms with E-state index in [1.54, 1.807) is 42.5 Å². The van der Waals surface area contributed by atoms with E-state index in [2.05, 4.69) is 5.32 Å². The topological polar surface area (TPSA) is 92.3 Å². The number of ether oxygens (including phenoxy) is 1. The maximum absolute atomic E-state index is 12.6. The number of carbonyl (C=O) groups is 1. The Morgan fingerprint density at radius 1 is 1.24 bits per heavy atom. The summed E-state index contributed by atoms with van der Waals surface area (Å²) in [5, 5.41) is 12.1. The van der Waals surface area contributed by atoms with Gasteiger partial charge in [0, 0.05) is 23.2 Å². The van der Waals surface area contributed by atoms with Crippen LogP contribution in [0, 0.1) is 11.3 Å². The number of anilines is 1. The lowest BCUT2D eigenvalue weighted by Gasteiger charge is -2.09. The lowest BCUT2D eigenvalue weighted by molar-refractivity contribution is 0.102. The van der Waals surface area contributed by atoms with Crippen molar-refractivity contribution in [2.24, 2.45) is 0 Å². The van der Waals surface area contributed by atoms with E-state index < -0.39 is 11.5 Å². The van der Waals surface area contributed by atoms with Crippen molar-refractivity contribution < 1.29 is 13.9 Å². The van der Waals surface area contributed by atoms with Crippen LogP contribution < -0.4 is 15.7 Å². The first-order valence-electron chi connectivity index (χ1n) is 7.63. The molecule has 0 aliphatic heterocycles. The van der Waals surface area contributed by atoms with Gasteiger partial charge in [-0.2, -0.15) is 5.26 Å². The van der Waals surface area contributed by atoms with Gasteiger partial charge in [0.25, 0.3) is 5.91 Å². The Morgan fingerprint density at radius 3 is 2.84 bits per heavy atom. The number of nitrogens with zero attached hydrogens (tertiary/aromatic N) is 1. The van der Waals surface area contributed by atoms with Crippen LogP contribution in [-0.4, -0.2) is 12.5 Å². The standard InChI is InChI=1S/C19H14N2O4/c1-2-24-14-6-7-15-16(10-18(22)25-17(15)9-14)19(23)21-13-5-3-4-12(8-13)11-20/h3-10H,2H2,1H3,(H,21,23). The molecule has 0 aliphatic carbocycles. The van der Waals surface area contributed by atoms with Crippen molar-refractivity contribution in [3.05, 3.63) is 70.1 Å². The number of nitriles is 1. The fraction of sp³-hybridized carbons (Fsp3) is 0.105. The average Bonchev–Trinajstić information content (AvgIpc) is 2.61. The molecular weight excluding hydrogens is 320 g/mol. The van der Waals surface area contributed by atoms with E-state index in [0.29, 0.717) is 29.0 Å². The Hall–Kier alpha value is -3.59. The minimum Gasteiger partial charge on any atom is -0.494 e. The summed E-state index contributed by atoms with van der Waals surface area (Å²) in [6.07, 6.45) is 0. The third-order valence-electron chi connectivity index (χ3n) is 3.52. The molecular formula is C19H14N2O4. The van der Waals surface area contributed by atoms with E-state index in [1.807, 2.05) is 13.0 Å². The first kappa shape index (κ1) is 16.3. The quantitative estimate of drug-likeness (QED) is 0.739. The lowest BCUT2D eigenvalue weighted by Crippen LogP contribution is -2.15. The number of hydrogen-bond acceptors (Lipinski definition) is 5. The number of amides is 1. The zero-order chi connectivity index (χ0) is 17.8. The van der Waals surface area contributed by atoms with Crippen molar-refractivity contribution in [2.75, 3.05) is 11.9 Å². The van der Waals surface area contributed by atoms with Crippen molar-refractivity contribution in [2.45, 2.75) is 6.92 Å². The number of nitrogens with one attached hydrogen (secondary N) is 1. The van der Waals surface area contributed by atoms with Gasteiger partial charge in [-0.25, -0.2) is 4.79 Å². The fourth-order valence-corrected chi connectivity index (χ4v) is 2.45. The summed E-state index contributed by atoms with van der Waals surface area (Å²) in [7, 11) is 0. The van der Waals surface area contributed by atoms with Gasteiger partial charge in [0.1, 0.15) is 11.3 Å². The number of benzene rings is 2. The summed E-state index contributed by atoms with van der Waals surface area (Å²) in [6.45, 7) is 2.32. The smallest absolute Gasteiger partial charge is 0.337 e. The largest absolute Gasteiger partial charge is 0.494 e. The Kier molecular flexibility index (Phi) is 4.48. The van der Waals surface area contributed by atoms with Crippen molar-refractivity contribution in [1.29, 1.82) is 5.26 Å². The average molecular weight is 334 g/mol. The van der Waals surface area contributed by atoms with Crippen molar-refractivity contribution in [3.8, 4) is 11.8 Å². The second-order valence-corrected chi connectivity index (χ2v) is 5.22. The van der Waals surface area contributed by atoms with E-state index in [9.17, 15) is 9.59 Å². The Balaban J connectivity index is 2.00. The molecule has 2 aromatic carbocycles. The zero-order valence-corrected chi connectivity index (χ0v) is 13.4. The minimum absolute atomic E-state index is 0.191. The molecule has 0 aliphatic rings. The molecule has 1 heterocycles. The van der Waals surface area contributed by atoms with E-state index in [-0.39, 0.29) is 11.1 Å². The van der Waals surface area contributed by atoms with Crippen LogP contribution in [0.4, 0.5) is 5.69 Å². The fourth-order valence-electron chi connectivity index (χ4n) is 2.45. The maximum Gasteiger partial charge on any atom is 0.337 e. The van der Waals surface area contributed by atoms with Crippen molar-refractivity contribution in [3.63, 3.8) is 0 Å². The van der Waals surface area contributed by atoms with E-state index in [4.69, 9.17) is 14.4 Å². The molecule has 1 aromatic heterocycles. The van der Waals surface area contributed by atoms with Gasteiger partial charge < -0.3 is 14.5 Å². The SMILES string of the molecule is CCOc1ccc2c(C(=O)Nc3cccc(C#N)c3)cc(=O)oc2c1. The molecule has 25 heavy (non-hydrogen) atoms. The molecule has 0 saturated carbocycles. The van der Waals surface area contributed by atoms with E-state index >= 15 is 0 Å². The van der Waals surface area contributed by atoms with Crippen LogP contribution in [0.5, 0.6) is 5.75 Å². The van der Waals surface area contributed by atoms with Crippen LogP contribution in [0.3, 0.4) is 0 Å². The first-order chi connectivity index (χ1) is 12.1. The number of hydrogen-bond donors (Lipinski definition) is 1. The molecule has 1 amide bonds. The molecule has 0 bridgehead atoms. The van der Waals surface area contributed by atoms with E-state index in [1.165, 1.54) is 0 Å². The summed E-state index contributed by atoms with van der Waals surface area (Å²) >= 11 is 0. The second kappa shape index (κ2) is 6.89. The number of fused-ring (bicyclic) bond motifs is 1. The Labute approximate surface area is 143 Å². The molecule has 0 saturated heterocycles. The van der Waals surface area contributed by atoms with Crippen LogP contribution in [0.25, 0.3) is 11.0 Å². The second-order valence-electron chi connectivity index (χ2n) is 5.22. The molecule has 6 nitrogen and oxygen atoms in total. The van der Waals surface area contributed by atoms with Gasteiger partial charge in [-0.05, 0) is 37.3 Å². The summed E-state index contributed by atoms with van der Waals surface area (Å²) < 4.78 is 10.5. The normalized spacial score (nSPS) is 10.2. The van der Waals surface area contributed by atoms with Crippen molar-refractivity contribution in [1.82, 2.24) is 0 Å². The number of rotatable bonds is 4. The highest BCUT2D eigenvalue weighted by Crippen LogP contribution is 2.23. The molecule has 0 spiro atoms.